The van der Waals surface area contributed by atoms with E-state index in [4.69, 9.17) is 10.2 Å². The topological polar surface area (TPSA) is 177 Å². The Bertz CT molecular complexity index is 1720. The summed E-state index contributed by atoms with van der Waals surface area (Å²) in [5.41, 5.74) is 6.48. The largest absolute Gasteiger partial charge is 0.477 e. The molecule has 0 saturated heterocycles. The Hall–Kier alpha value is -4.23. The van der Waals surface area contributed by atoms with Gasteiger partial charge in [0.2, 0.25) is 5.91 Å². The average Bonchev–Trinajstić information content (AvgIpc) is 3.43. The lowest BCUT2D eigenvalue weighted by molar-refractivity contribution is -0.119. The summed E-state index contributed by atoms with van der Waals surface area (Å²) >= 11 is 0. The van der Waals surface area contributed by atoms with E-state index >= 15 is 0 Å². The third-order valence-electron chi connectivity index (χ3n) is 6.06. The van der Waals surface area contributed by atoms with Crippen LogP contribution in [0.15, 0.2) is 51.8 Å². The molecule has 2 heterocycles. The van der Waals surface area contributed by atoms with E-state index < -0.39 is 45.1 Å². The fourth-order valence-corrected chi connectivity index (χ4v) is 5.11. The van der Waals surface area contributed by atoms with Gasteiger partial charge in [0, 0.05) is 22.8 Å². The van der Waals surface area contributed by atoms with E-state index in [1.165, 1.54) is 22.9 Å². The van der Waals surface area contributed by atoms with E-state index in [1.54, 1.807) is 25.1 Å². The Morgan fingerprint density at radius 2 is 2.00 bits per heavy atom. The smallest absolute Gasteiger partial charge is 0.419 e. The van der Waals surface area contributed by atoms with E-state index in [9.17, 15) is 32.3 Å². The zero-order chi connectivity index (χ0) is 27.8. The number of rotatable bonds is 9. The summed E-state index contributed by atoms with van der Waals surface area (Å²) in [4.78, 5) is 39.0. The van der Waals surface area contributed by atoms with Crippen LogP contribution < -0.4 is 16.8 Å². The van der Waals surface area contributed by atoms with Crippen molar-refractivity contribution in [2.24, 2.45) is 5.73 Å². The van der Waals surface area contributed by atoms with Gasteiger partial charge < -0.3 is 25.6 Å². The zero-order valence-electron chi connectivity index (χ0n) is 20.4. The molecule has 2 aromatic carbocycles. The Morgan fingerprint density at radius 1 is 1.26 bits per heavy atom. The Kier molecular flexibility index (Phi) is 7.24. The zero-order valence-corrected chi connectivity index (χ0v) is 21.3. The fraction of sp³-hybridized carbons (Fsp3) is 0.240. The van der Waals surface area contributed by atoms with Crippen molar-refractivity contribution in [3.8, 4) is 11.1 Å². The number of benzene rings is 2. The molecule has 13 heteroatoms. The number of fused-ring (bicyclic) bond motifs is 1. The van der Waals surface area contributed by atoms with Crippen LogP contribution in [0.4, 0.5) is 4.39 Å². The summed E-state index contributed by atoms with van der Waals surface area (Å²) in [6, 6.07) is 8.33. The summed E-state index contributed by atoms with van der Waals surface area (Å²) in [7, 11) is -3.48. The minimum atomic E-state index is -3.48. The number of sulfone groups is 1. The molecule has 38 heavy (non-hydrogen) atoms. The van der Waals surface area contributed by atoms with Crippen molar-refractivity contribution in [3.63, 3.8) is 0 Å². The highest BCUT2D eigenvalue weighted by atomic mass is 32.2. The third kappa shape index (κ3) is 5.38. The van der Waals surface area contributed by atoms with Crippen molar-refractivity contribution in [2.75, 3.05) is 12.8 Å². The summed E-state index contributed by atoms with van der Waals surface area (Å²) in [5, 5.41) is 12.9. The minimum Gasteiger partial charge on any atom is -0.477 e. The lowest BCUT2D eigenvalue weighted by Crippen LogP contribution is -2.29. The molecule has 0 aliphatic rings. The average molecular weight is 545 g/mol. The molecule has 5 N–H and O–H groups in total. The number of carbonyl (C=O) groups excluding carboxylic acids is 1. The maximum Gasteiger partial charge on any atom is 0.419 e. The minimum absolute atomic E-state index is 0.0277. The SMILES string of the molecule is C[C@@H](c1cccc2c(-c3ccc(CS(C)(=O)=O)c(F)c3)c(C(=O)O)[nH]c12)n1cc(CNC(=O)CN)oc1=O. The number of oxazole rings is 1. The second-order valence-corrected chi connectivity index (χ2v) is 11.0. The van der Waals surface area contributed by atoms with Crippen molar-refractivity contribution >= 4 is 32.6 Å². The summed E-state index contributed by atoms with van der Waals surface area (Å²) in [6.45, 7) is 1.47. The monoisotopic (exact) mass is 544 g/mol. The van der Waals surface area contributed by atoms with Gasteiger partial charge >= 0.3 is 11.7 Å². The predicted octanol–water partition coefficient (Wildman–Crippen LogP) is 2.16. The number of aromatic carboxylic acids is 1. The van der Waals surface area contributed by atoms with Gasteiger partial charge in [-0.2, -0.15) is 0 Å². The van der Waals surface area contributed by atoms with Gasteiger partial charge in [-0.1, -0.05) is 30.3 Å². The van der Waals surface area contributed by atoms with Crippen LogP contribution in [-0.4, -0.2) is 47.8 Å². The quantitative estimate of drug-likeness (QED) is 0.248. The number of para-hydroxylation sites is 1. The highest BCUT2D eigenvalue weighted by molar-refractivity contribution is 7.89. The van der Waals surface area contributed by atoms with E-state index in [-0.39, 0.29) is 41.2 Å². The molecule has 0 radical (unpaired) electrons. The summed E-state index contributed by atoms with van der Waals surface area (Å²) < 4.78 is 44.5. The number of carbonyl (C=O) groups is 2. The van der Waals surface area contributed by atoms with Crippen molar-refractivity contribution in [1.29, 1.82) is 0 Å². The molecule has 4 rings (SSSR count). The van der Waals surface area contributed by atoms with Crippen molar-refractivity contribution in [2.45, 2.75) is 25.3 Å². The van der Waals surface area contributed by atoms with Gasteiger partial charge in [0.15, 0.2) is 9.84 Å². The second-order valence-electron chi connectivity index (χ2n) is 8.85. The number of amides is 1. The number of H-pyrrole nitrogens is 1. The Labute approximate surface area is 216 Å². The normalized spacial score (nSPS) is 12.5. The van der Waals surface area contributed by atoms with Gasteiger partial charge in [-0.15, -0.1) is 0 Å². The second kappa shape index (κ2) is 10.3. The number of halogens is 1. The van der Waals surface area contributed by atoms with Crippen LogP contribution in [0.2, 0.25) is 0 Å². The first-order valence-corrected chi connectivity index (χ1v) is 13.5. The van der Waals surface area contributed by atoms with Gasteiger partial charge in [0.25, 0.3) is 0 Å². The molecule has 0 aliphatic carbocycles. The van der Waals surface area contributed by atoms with Gasteiger partial charge in [-0.3, -0.25) is 9.36 Å². The van der Waals surface area contributed by atoms with E-state index in [0.717, 1.165) is 12.3 Å². The van der Waals surface area contributed by atoms with Crippen LogP contribution in [0.25, 0.3) is 22.0 Å². The summed E-state index contributed by atoms with van der Waals surface area (Å²) in [6.07, 6.45) is 2.44. The molecule has 1 amide bonds. The number of carboxylic acid groups (broad SMARTS) is 1. The first-order valence-electron chi connectivity index (χ1n) is 11.4. The third-order valence-corrected chi connectivity index (χ3v) is 6.90. The van der Waals surface area contributed by atoms with Crippen LogP contribution in [0.1, 0.15) is 40.3 Å². The molecule has 4 aromatic rings. The standard InChI is InChI=1S/C25H25FN4O7S/c1-13(30-11-16(37-25(30)34)10-28-20(31)9-27)17-4-3-5-18-21(23(24(32)33)29-22(17)18)14-6-7-15(19(26)8-14)12-38(2,35)36/h3-8,11,13,29H,9-10,12,27H2,1-2H3,(H,28,31)(H,32,33)/t13-/m0/s1. The molecule has 0 bridgehead atoms. The molecule has 0 saturated carbocycles. The molecular formula is C25H25FN4O7S. The van der Waals surface area contributed by atoms with Gasteiger partial charge in [0.1, 0.15) is 17.3 Å². The van der Waals surface area contributed by atoms with Crippen molar-refractivity contribution < 1.29 is 31.9 Å². The number of nitrogens with zero attached hydrogens (tertiary/aromatic N) is 1. The predicted molar refractivity (Wildman–Crippen MR) is 137 cm³/mol. The van der Waals surface area contributed by atoms with E-state index in [2.05, 4.69) is 10.3 Å². The number of hydrogen-bond acceptors (Lipinski definition) is 7. The first-order chi connectivity index (χ1) is 17.9. The molecule has 11 nitrogen and oxygen atoms in total. The van der Waals surface area contributed by atoms with Crippen LogP contribution >= 0.6 is 0 Å². The van der Waals surface area contributed by atoms with E-state index in [1.807, 2.05) is 0 Å². The number of aromatic amines is 1. The lowest BCUT2D eigenvalue weighted by Gasteiger charge is -2.13. The lowest BCUT2D eigenvalue weighted by atomic mass is 9.98. The maximum absolute atomic E-state index is 14.8. The molecule has 0 aliphatic heterocycles. The van der Waals surface area contributed by atoms with Crippen molar-refractivity contribution in [3.05, 3.63) is 81.5 Å². The summed E-state index contributed by atoms with van der Waals surface area (Å²) in [5.74, 6) is -3.44. The van der Waals surface area contributed by atoms with Gasteiger partial charge in [0.05, 0.1) is 36.6 Å². The molecule has 0 spiro atoms. The number of carboxylic acids is 1. The van der Waals surface area contributed by atoms with Gasteiger partial charge in [-0.05, 0) is 24.1 Å². The van der Waals surface area contributed by atoms with Crippen LogP contribution in [0.3, 0.4) is 0 Å². The fourth-order valence-electron chi connectivity index (χ4n) is 4.31. The van der Waals surface area contributed by atoms with Crippen LogP contribution in [0.5, 0.6) is 0 Å². The number of nitrogens with two attached hydrogens (primary N) is 1. The number of nitrogens with one attached hydrogen (secondary N) is 2. The molecule has 2 aromatic heterocycles. The number of aromatic nitrogens is 2. The van der Waals surface area contributed by atoms with Crippen LogP contribution in [0, 0.1) is 5.82 Å². The Balaban J connectivity index is 1.80. The molecule has 0 fully saturated rings. The molecule has 200 valence electrons. The molecule has 0 unspecified atom stereocenters. The molecule has 1 atom stereocenters. The Morgan fingerprint density at radius 3 is 2.63 bits per heavy atom. The highest BCUT2D eigenvalue weighted by Gasteiger charge is 2.24. The molecular weight excluding hydrogens is 519 g/mol. The highest BCUT2D eigenvalue weighted by Crippen LogP contribution is 2.37. The first kappa shape index (κ1) is 26.8. The van der Waals surface area contributed by atoms with Crippen LogP contribution in [-0.2, 0) is 26.9 Å². The van der Waals surface area contributed by atoms with E-state index in [0.29, 0.717) is 16.5 Å². The van der Waals surface area contributed by atoms with Gasteiger partial charge in [-0.25, -0.2) is 22.4 Å². The maximum atomic E-state index is 14.8. The number of hydrogen-bond donors (Lipinski definition) is 4. The van der Waals surface area contributed by atoms with Crippen molar-refractivity contribution in [1.82, 2.24) is 14.9 Å².